The highest BCUT2D eigenvalue weighted by Crippen LogP contribution is 2.29. The smallest absolute Gasteiger partial charge is 0.220 e. The number of aliphatic hydroxyl groups is 8. The molecule has 0 aromatic rings. The minimum Gasteiger partial charge on any atom is -0.394 e. The first-order chi connectivity index (χ1) is 25.6. The summed E-state index contributed by atoms with van der Waals surface area (Å²) in [6, 6.07) is -0.921. The SMILES string of the molecule is CCC/C=C/CC/C=C/C(O)C(COC1OC(CO)C(OC2OC(CO)C(O)C(O)C2O)C(O)C1O)NC(=O)CCCCCCCCCCCCCC. The maximum atomic E-state index is 13.0. The molecule has 0 aromatic heterocycles. The number of carbonyl (C=O) groups is 1. The second-order valence-electron chi connectivity index (χ2n) is 14.4. The summed E-state index contributed by atoms with van der Waals surface area (Å²) in [5.74, 6) is -0.257. The summed E-state index contributed by atoms with van der Waals surface area (Å²) in [4.78, 5) is 13.0. The topological polar surface area (TPSA) is 228 Å². The molecule has 0 bridgehead atoms. The van der Waals surface area contributed by atoms with Gasteiger partial charge in [0.05, 0.1) is 32.0 Å². The lowest BCUT2D eigenvalue weighted by Gasteiger charge is -2.46. The molecule has 12 unspecified atom stereocenters. The van der Waals surface area contributed by atoms with E-state index in [2.05, 4.69) is 31.3 Å². The minimum atomic E-state index is -1.79. The van der Waals surface area contributed by atoms with Crippen molar-refractivity contribution < 1.29 is 64.6 Å². The van der Waals surface area contributed by atoms with Crippen molar-refractivity contribution in [2.75, 3.05) is 19.8 Å². The number of allylic oxidation sites excluding steroid dienone is 3. The predicted molar refractivity (Wildman–Crippen MR) is 198 cm³/mol. The number of carbonyl (C=O) groups excluding carboxylic acids is 1. The van der Waals surface area contributed by atoms with Gasteiger partial charge in [-0.3, -0.25) is 4.79 Å². The third-order valence-electron chi connectivity index (χ3n) is 9.87. The maximum Gasteiger partial charge on any atom is 0.220 e. The van der Waals surface area contributed by atoms with E-state index in [1.165, 1.54) is 51.4 Å². The molecule has 53 heavy (non-hydrogen) atoms. The Balaban J connectivity index is 1.94. The van der Waals surface area contributed by atoms with Crippen LogP contribution in [0.1, 0.15) is 123 Å². The van der Waals surface area contributed by atoms with Crippen molar-refractivity contribution in [2.24, 2.45) is 0 Å². The number of ether oxygens (including phenoxy) is 4. The number of rotatable bonds is 28. The van der Waals surface area contributed by atoms with Crippen LogP contribution in [0.5, 0.6) is 0 Å². The molecule has 9 N–H and O–H groups in total. The number of aliphatic hydroxyl groups excluding tert-OH is 8. The zero-order valence-corrected chi connectivity index (χ0v) is 32.0. The van der Waals surface area contributed by atoms with Crippen LogP contribution < -0.4 is 5.32 Å². The highest BCUT2D eigenvalue weighted by Gasteiger charge is 2.50. The standard InChI is InChI=1S/C39H71NO13/c1-3-5-7-9-11-12-13-14-15-17-19-21-23-31(44)40-27(28(43)22-20-18-16-10-8-6-4-2)26-50-38-36(49)34(47)37(30(25-42)52-38)53-39-35(48)33(46)32(45)29(24-41)51-39/h8,10,20,22,27-30,32-39,41-43,45-49H,3-7,9,11-19,21,23-26H2,1-2H3,(H,40,44)/b10-8+,22-20+. The van der Waals surface area contributed by atoms with Crippen LogP contribution in [0.4, 0.5) is 0 Å². The van der Waals surface area contributed by atoms with Crippen molar-refractivity contribution in [1.29, 1.82) is 0 Å². The largest absolute Gasteiger partial charge is 0.394 e. The molecule has 12 atom stereocenters. The molecule has 2 rings (SSSR count). The lowest BCUT2D eigenvalue weighted by atomic mass is 9.97. The molecule has 0 spiro atoms. The summed E-state index contributed by atoms with van der Waals surface area (Å²) in [5.41, 5.74) is 0. The lowest BCUT2D eigenvalue weighted by molar-refractivity contribution is -0.359. The molecule has 2 aliphatic heterocycles. The van der Waals surface area contributed by atoms with Gasteiger partial charge in [-0.05, 0) is 25.7 Å². The van der Waals surface area contributed by atoms with Gasteiger partial charge in [-0.1, -0.05) is 115 Å². The van der Waals surface area contributed by atoms with Gasteiger partial charge in [0, 0.05) is 6.42 Å². The minimum absolute atomic E-state index is 0.257. The highest BCUT2D eigenvalue weighted by atomic mass is 16.7. The van der Waals surface area contributed by atoms with Gasteiger partial charge in [0.2, 0.25) is 5.91 Å². The van der Waals surface area contributed by atoms with Gasteiger partial charge >= 0.3 is 0 Å². The summed E-state index contributed by atoms with van der Waals surface area (Å²) in [6.07, 6.45) is 8.47. The van der Waals surface area contributed by atoms with Crippen LogP contribution in [-0.4, -0.2) is 140 Å². The van der Waals surface area contributed by atoms with Crippen LogP contribution in [0.2, 0.25) is 0 Å². The van der Waals surface area contributed by atoms with E-state index in [4.69, 9.17) is 18.9 Å². The average Bonchev–Trinajstić information content (AvgIpc) is 3.15. The van der Waals surface area contributed by atoms with Crippen molar-refractivity contribution in [2.45, 2.75) is 197 Å². The molecule has 14 heteroatoms. The van der Waals surface area contributed by atoms with E-state index in [1.807, 2.05) is 6.08 Å². The van der Waals surface area contributed by atoms with Gasteiger partial charge in [-0.2, -0.15) is 0 Å². The molecule has 14 nitrogen and oxygen atoms in total. The Morgan fingerprint density at radius 2 is 1.21 bits per heavy atom. The molecule has 2 aliphatic rings. The summed E-state index contributed by atoms with van der Waals surface area (Å²) >= 11 is 0. The number of hydrogen-bond donors (Lipinski definition) is 9. The van der Waals surface area contributed by atoms with Crippen molar-refractivity contribution in [3.05, 3.63) is 24.3 Å². The zero-order chi connectivity index (χ0) is 39.0. The second kappa shape index (κ2) is 28.0. The number of nitrogens with one attached hydrogen (secondary N) is 1. The van der Waals surface area contributed by atoms with Crippen LogP contribution in [0, 0.1) is 0 Å². The molecule has 0 aromatic carbocycles. The van der Waals surface area contributed by atoms with E-state index < -0.39 is 86.8 Å². The Labute approximate surface area is 316 Å². The molecule has 2 saturated heterocycles. The third kappa shape index (κ3) is 17.4. The number of amides is 1. The van der Waals surface area contributed by atoms with Gasteiger partial charge in [0.25, 0.3) is 0 Å². The molecule has 0 aliphatic carbocycles. The summed E-state index contributed by atoms with van der Waals surface area (Å²) < 4.78 is 22.5. The van der Waals surface area contributed by atoms with Gasteiger partial charge in [-0.15, -0.1) is 0 Å². The molecule has 310 valence electrons. The van der Waals surface area contributed by atoms with Crippen LogP contribution >= 0.6 is 0 Å². The Hall–Kier alpha value is -1.53. The molecule has 2 heterocycles. The molecule has 1 amide bonds. The van der Waals surface area contributed by atoms with Crippen LogP contribution in [0.15, 0.2) is 24.3 Å². The summed E-state index contributed by atoms with van der Waals surface area (Å²) in [5, 5.41) is 85.9. The first-order valence-electron chi connectivity index (χ1n) is 20.1. The predicted octanol–water partition coefficient (Wildman–Crippen LogP) is 2.26. The Bertz CT molecular complexity index is 998. The maximum absolute atomic E-state index is 13.0. The van der Waals surface area contributed by atoms with E-state index in [9.17, 15) is 45.6 Å². The lowest BCUT2D eigenvalue weighted by Crippen LogP contribution is -2.65. The van der Waals surface area contributed by atoms with Crippen LogP contribution in [0.25, 0.3) is 0 Å². The molecule has 2 fully saturated rings. The normalized spacial score (nSPS) is 30.6. The molecule has 0 saturated carbocycles. The van der Waals surface area contributed by atoms with Gasteiger partial charge in [-0.25, -0.2) is 0 Å². The fourth-order valence-electron chi connectivity index (χ4n) is 6.49. The average molecular weight is 762 g/mol. The van der Waals surface area contributed by atoms with E-state index in [0.29, 0.717) is 12.8 Å². The van der Waals surface area contributed by atoms with E-state index in [0.717, 1.165) is 38.5 Å². The highest BCUT2D eigenvalue weighted by molar-refractivity contribution is 5.76. The van der Waals surface area contributed by atoms with Crippen molar-refractivity contribution in [1.82, 2.24) is 5.32 Å². The van der Waals surface area contributed by atoms with Crippen molar-refractivity contribution in [3.63, 3.8) is 0 Å². The quantitative estimate of drug-likeness (QED) is 0.0413. The third-order valence-corrected chi connectivity index (χ3v) is 9.87. The van der Waals surface area contributed by atoms with Crippen molar-refractivity contribution in [3.8, 4) is 0 Å². The van der Waals surface area contributed by atoms with Crippen LogP contribution in [-0.2, 0) is 23.7 Å². The van der Waals surface area contributed by atoms with Crippen LogP contribution in [0.3, 0.4) is 0 Å². The molecule has 0 radical (unpaired) electrons. The summed E-state index contributed by atoms with van der Waals surface area (Å²) in [7, 11) is 0. The molecular weight excluding hydrogens is 690 g/mol. The number of unbranched alkanes of at least 4 members (excludes halogenated alkanes) is 13. The Morgan fingerprint density at radius 1 is 0.660 bits per heavy atom. The fraction of sp³-hybridized carbons (Fsp3) is 0.872. The van der Waals surface area contributed by atoms with E-state index in [1.54, 1.807) is 6.08 Å². The van der Waals surface area contributed by atoms with Crippen molar-refractivity contribution >= 4 is 5.91 Å². The monoisotopic (exact) mass is 761 g/mol. The fourth-order valence-corrected chi connectivity index (χ4v) is 6.49. The van der Waals surface area contributed by atoms with E-state index >= 15 is 0 Å². The van der Waals surface area contributed by atoms with Gasteiger partial charge in [0.1, 0.15) is 48.8 Å². The Morgan fingerprint density at radius 3 is 1.81 bits per heavy atom. The molecular formula is C39H71NO13. The zero-order valence-electron chi connectivity index (χ0n) is 32.0. The first-order valence-corrected chi connectivity index (χ1v) is 20.1. The van der Waals surface area contributed by atoms with Gasteiger partial charge in [0.15, 0.2) is 12.6 Å². The van der Waals surface area contributed by atoms with E-state index in [-0.39, 0.29) is 18.9 Å². The van der Waals surface area contributed by atoms with Gasteiger partial charge < -0.3 is 65.1 Å². The second-order valence-corrected chi connectivity index (χ2v) is 14.4. The first kappa shape index (κ1) is 47.6. The Kier molecular flexibility index (Phi) is 25.1. The number of hydrogen-bond acceptors (Lipinski definition) is 13. The summed E-state index contributed by atoms with van der Waals surface area (Å²) in [6.45, 7) is 2.60.